The highest BCUT2D eigenvalue weighted by molar-refractivity contribution is 6.30. The van der Waals surface area contributed by atoms with Crippen molar-refractivity contribution in [3.8, 4) is 5.69 Å². The van der Waals surface area contributed by atoms with E-state index >= 15 is 0 Å². The lowest BCUT2D eigenvalue weighted by atomic mass is 10.2. The van der Waals surface area contributed by atoms with Crippen LogP contribution >= 0.6 is 11.6 Å². The Balaban J connectivity index is 2.12. The van der Waals surface area contributed by atoms with Gasteiger partial charge in [-0.15, -0.1) is 5.10 Å². The number of nitrogens with zero attached hydrogens (tertiary/aromatic N) is 3. The SMILES string of the molecule is Nc1nnn(-c2cccc(Cl)c2)c1C1CC1. The Morgan fingerprint density at radius 1 is 1.38 bits per heavy atom. The minimum atomic E-state index is 0.508. The van der Waals surface area contributed by atoms with Crippen LogP contribution in [0.5, 0.6) is 0 Å². The number of aromatic nitrogens is 3. The zero-order valence-corrected chi connectivity index (χ0v) is 9.35. The van der Waals surface area contributed by atoms with Crippen LogP contribution in [-0.2, 0) is 0 Å². The van der Waals surface area contributed by atoms with Gasteiger partial charge in [-0.1, -0.05) is 22.9 Å². The van der Waals surface area contributed by atoms with Gasteiger partial charge in [-0.25, -0.2) is 4.68 Å². The molecule has 2 N–H and O–H groups in total. The fraction of sp³-hybridized carbons (Fsp3) is 0.273. The number of anilines is 1. The van der Waals surface area contributed by atoms with Crippen LogP contribution in [0.25, 0.3) is 5.69 Å². The lowest BCUT2D eigenvalue weighted by Crippen LogP contribution is -2.02. The van der Waals surface area contributed by atoms with Crippen LogP contribution in [0.2, 0.25) is 5.02 Å². The number of nitrogens with two attached hydrogens (primary N) is 1. The van der Waals surface area contributed by atoms with Gasteiger partial charge < -0.3 is 5.73 Å². The molecule has 4 nitrogen and oxygen atoms in total. The van der Waals surface area contributed by atoms with Crippen molar-refractivity contribution in [3.63, 3.8) is 0 Å². The van der Waals surface area contributed by atoms with Crippen molar-refractivity contribution in [3.05, 3.63) is 35.0 Å². The van der Waals surface area contributed by atoms with Crippen LogP contribution in [0.1, 0.15) is 24.5 Å². The molecule has 0 unspecified atom stereocenters. The van der Waals surface area contributed by atoms with E-state index in [-0.39, 0.29) is 0 Å². The van der Waals surface area contributed by atoms with E-state index in [4.69, 9.17) is 17.3 Å². The minimum absolute atomic E-state index is 0.508. The quantitative estimate of drug-likeness (QED) is 0.868. The summed E-state index contributed by atoms with van der Waals surface area (Å²) in [4.78, 5) is 0. The highest BCUT2D eigenvalue weighted by Crippen LogP contribution is 2.42. The van der Waals surface area contributed by atoms with Gasteiger partial charge in [-0.05, 0) is 31.0 Å². The Bertz CT molecular complexity index is 531. The second-order valence-corrected chi connectivity index (χ2v) is 4.46. The summed E-state index contributed by atoms with van der Waals surface area (Å²) in [5.74, 6) is 1.04. The van der Waals surface area contributed by atoms with Gasteiger partial charge in [-0.3, -0.25) is 0 Å². The van der Waals surface area contributed by atoms with Crippen molar-refractivity contribution >= 4 is 17.4 Å². The Morgan fingerprint density at radius 2 is 2.19 bits per heavy atom. The van der Waals surface area contributed by atoms with Crippen LogP contribution in [0, 0.1) is 0 Å². The predicted molar refractivity (Wildman–Crippen MR) is 62.8 cm³/mol. The molecule has 0 aliphatic heterocycles. The zero-order chi connectivity index (χ0) is 11.1. The molecule has 3 rings (SSSR count). The molecule has 1 fully saturated rings. The van der Waals surface area contributed by atoms with Crippen molar-refractivity contribution in [2.24, 2.45) is 0 Å². The van der Waals surface area contributed by atoms with E-state index in [0.717, 1.165) is 24.2 Å². The number of benzene rings is 1. The van der Waals surface area contributed by atoms with Crippen LogP contribution < -0.4 is 5.73 Å². The predicted octanol–water partition coefficient (Wildman–Crippen LogP) is 2.38. The molecule has 5 heteroatoms. The Hall–Kier alpha value is -1.55. The van der Waals surface area contributed by atoms with Gasteiger partial charge in [0, 0.05) is 10.9 Å². The van der Waals surface area contributed by atoms with Crippen molar-refractivity contribution in [2.45, 2.75) is 18.8 Å². The number of halogens is 1. The largest absolute Gasteiger partial charge is 0.381 e. The van der Waals surface area contributed by atoms with Crippen molar-refractivity contribution in [2.75, 3.05) is 5.73 Å². The third-order valence-electron chi connectivity index (χ3n) is 2.75. The molecule has 0 bridgehead atoms. The van der Waals surface area contributed by atoms with Gasteiger partial charge in [0.1, 0.15) is 0 Å². The Kier molecular flexibility index (Phi) is 2.11. The van der Waals surface area contributed by atoms with E-state index < -0.39 is 0 Å². The van der Waals surface area contributed by atoms with Crippen LogP contribution in [0.3, 0.4) is 0 Å². The first-order valence-corrected chi connectivity index (χ1v) is 5.60. The van der Waals surface area contributed by atoms with E-state index in [0.29, 0.717) is 16.8 Å². The molecule has 2 aromatic rings. The van der Waals surface area contributed by atoms with E-state index in [1.165, 1.54) is 0 Å². The van der Waals surface area contributed by atoms with Gasteiger partial charge >= 0.3 is 0 Å². The highest BCUT2D eigenvalue weighted by atomic mass is 35.5. The smallest absolute Gasteiger partial charge is 0.169 e. The minimum Gasteiger partial charge on any atom is -0.381 e. The fourth-order valence-corrected chi connectivity index (χ4v) is 2.02. The summed E-state index contributed by atoms with van der Waals surface area (Å²) in [6, 6.07) is 7.54. The molecule has 0 amide bonds. The molecule has 0 radical (unpaired) electrons. The molecule has 0 spiro atoms. The second kappa shape index (κ2) is 3.49. The van der Waals surface area contributed by atoms with E-state index in [9.17, 15) is 0 Å². The standard InChI is InChI=1S/C11H11ClN4/c12-8-2-1-3-9(6-8)16-10(7-4-5-7)11(13)14-15-16/h1-3,6-7H,4-5,13H2. The normalized spacial score (nSPS) is 15.3. The van der Waals surface area contributed by atoms with Crippen molar-refractivity contribution < 1.29 is 0 Å². The summed E-state index contributed by atoms with van der Waals surface area (Å²) >= 11 is 5.96. The Morgan fingerprint density at radius 3 is 2.88 bits per heavy atom. The first-order valence-electron chi connectivity index (χ1n) is 5.23. The first kappa shape index (κ1) is 9.66. The number of hydrogen-bond acceptors (Lipinski definition) is 3. The molecular weight excluding hydrogens is 224 g/mol. The summed E-state index contributed by atoms with van der Waals surface area (Å²) < 4.78 is 1.79. The molecule has 1 saturated carbocycles. The lowest BCUT2D eigenvalue weighted by molar-refractivity contribution is 0.764. The topological polar surface area (TPSA) is 56.7 Å². The number of hydrogen-bond donors (Lipinski definition) is 1. The molecule has 1 aliphatic rings. The maximum atomic E-state index is 5.96. The lowest BCUT2D eigenvalue weighted by Gasteiger charge is -2.05. The monoisotopic (exact) mass is 234 g/mol. The number of rotatable bonds is 2. The van der Waals surface area contributed by atoms with E-state index in [1.54, 1.807) is 4.68 Å². The average Bonchev–Trinajstić information content (AvgIpc) is 3.02. The maximum Gasteiger partial charge on any atom is 0.169 e. The van der Waals surface area contributed by atoms with Gasteiger partial charge in [0.05, 0.1) is 11.4 Å². The highest BCUT2D eigenvalue weighted by Gasteiger charge is 2.31. The molecule has 0 saturated heterocycles. The van der Waals surface area contributed by atoms with Crippen LogP contribution in [0.15, 0.2) is 24.3 Å². The summed E-state index contributed by atoms with van der Waals surface area (Å²) in [5, 5.41) is 8.69. The summed E-state index contributed by atoms with van der Waals surface area (Å²) in [6.07, 6.45) is 2.33. The molecule has 1 aliphatic carbocycles. The molecule has 82 valence electrons. The maximum absolute atomic E-state index is 5.96. The fourth-order valence-electron chi connectivity index (χ4n) is 1.84. The molecule has 16 heavy (non-hydrogen) atoms. The molecular formula is C11H11ClN4. The number of nitrogen functional groups attached to an aromatic ring is 1. The van der Waals surface area contributed by atoms with Crippen LogP contribution in [0.4, 0.5) is 5.82 Å². The zero-order valence-electron chi connectivity index (χ0n) is 8.60. The van der Waals surface area contributed by atoms with E-state index in [1.807, 2.05) is 24.3 Å². The summed E-state index contributed by atoms with van der Waals surface area (Å²) in [7, 11) is 0. The van der Waals surface area contributed by atoms with Gasteiger partial charge in [-0.2, -0.15) is 0 Å². The second-order valence-electron chi connectivity index (χ2n) is 4.03. The van der Waals surface area contributed by atoms with Gasteiger partial charge in [0.15, 0.2) is 5.82 Å². The molecule has 1 aromatic heterocycles. The van der Waals surface area contributed by atoms with Crippen molar-refractivity contribution in [1.29, 1.82) is 0 Å². The first-order chi connectivity index (χ1) is 7.75. The molecule has 0 atom stereocenters. The summed E-state index contributed by atoms with van der Waals surface area (Å²) in [6.45, 7) is 0. The average molecular weight is 235 g/mol. The van der Waals surface area contributed by atoms with Crippen molar-refractivity contribution in [1.82, 2.24) is 15.0 Å². The van der Waals surface area contributed by atoms with Gasteiger partial charge in [0.25, 0.3) is 0 Å². The summed E-state index contributed by atoms with van der Waals surface area (Å²) in [5.41, 5.74) is 7.76. The van der Waals surface area contributed by atoms with Crippen LogP contribution in [-0.4, -0.2) is 15.0 Å². The molecule has 1 heterocycles. The van der Waals surface area contributed by atoms with Gasteiger partial charge in [0.2, 0.25) is 0 Å². The third-order valence-corrected chi connectivity index (χ3v) is 2.98. The van der Waals surface area contributed by atoms with E-state index in [2.05, 4.69) is 10.3 Å². The molecule has 1 aromatic carbocycles. The Labute approximate surface area is 98.0 Å². The third kappa shape index (κ3) is 1.55.